The number of amides is 5. The minimum Gasteiger partial charge on any atom is -0.357 e. The molecule has 12 heteroatoms. The van der Waals surface area contributed by atoms with Gasteiger partial charge in [0.25, 0.3) is 5.91 Å². The SMILES string of the molecule is CNC(=O)C1(N2C[C@@H](C(C)C)NC2=O)Cc2ccc(NC(=O)C(NC(=O)c3ccnn3C)C3CCc4cc(Cl)ccc4C3)cc2C1. The summed E-state index contributed by atoms with van der Waals surface area (Å²) in [6.45, 7) is 4.54. The molecule has 11 nitrogen and oxygen atoms in total. The third-order valence-electron chi connectivity index (χ3n) is 9.87. The Bertz CT molecular complexity index is 1700. The maximum Gasteiger partial charge on any atom is 0.318 e. The highest BCUT2D eigenvalue weighted by molar-refractivity contribution is 6.30. The number of aromatic nitrogens is 2. The first-order valence-electron chi connectivity index (χ1n) is 15.8. The number of nitrogens with one attached hydrogen (secondary N) is 4. The number of rotatable bonds is 8. The maximum atomic E-state index is 14.0. The number of carbonyl (C=O) groups excluding carboxylic acids is 4. The Kier molecular flexibility index (Phi) is 8.54. The zero-order valence-electron chi connectivity index (χ0n) is 26.5. The molecule has 4 atom stereocenters. The number of anilines is 1. The fraction of sp³-hybridized carbons (Fsp3) is 0.441. The van der Waals surface area contributed by atoms with E-state index in [1.807, 2.05) is 50.2 Å². The van der Waals surface area contributed by atoms with E-state index in [0.29, 0.717) is 48.6 Å². The standard InChI is InChI=1S/C34H40ClN7O4/c1-19(2)27-18-42(33(46)39-27)34(32(45)36-3)16-23-8-10-26(15-24(23)17-34)38-31(44)29(40-30(43)28-11-12-37-41(28)4)22-6-5-21-14-25(35)9-7-20(21)13-22/h7-12,14-15,19,22,27,29H,5-6,13,16-18H2,1-4H3,(H,36,45)(H,38,44)(H,39,46)(H,40,43)/t22?,27-,29?,34?/m0/s1. The normalized spacial score (nSPS) is 22.6. The summed E-state index contributed by atoms with van der Waals surface area (Å²) in [4.78, 5) is 55.5. The molecule has 0 bridgehead atoms. The van der Waals surface area contributed by atoms with Crippen LogP contribution in [-0.2, 0) is 42.3 Å². The molecule has 0 radical (unpaired) electrons. The molecule has 1 saturated heterocycles. The monoisotopic (exact) mass is 645 g/mol. The van der Waals surface area contributed by atoms with E-state index in [4.69, 9.17) is 11.6 Å². The van der Waals surface area contributed by atoms with Gasteiger partial charge in [0.1, 0.15) is 17.3 Å². The summed E-state index contributed by atoms with van der Waals surface area (Å²) in [7, 11) is 3.27. The van der Waals surface area contributed by atoms with Crippen molar-refractivity contribution < 1.29 is 19.2 Å². The summed E-state index contributed by atoms with van der Waals surface area (Å²) in [6, 6.07) is 11.9. The van der Waals surface area contributed by atoms with Crippen LogP contribution in [0, 0.1) is 11.8 Å². The van der Waals surface area contributed by atoms with Gasteiger partial charge in [-0.15, -0.1) is 0 Å². The summed E-state index contributed by atoms with van der Waals surface area (Å²) >= 11 is 6.23. The Morgan fingerprint density at radius 2 is 1.80 bits per heavy atom. The van der Waals surface area contributed by atoms with Gasteiger partial charge in [-0.2, -0.15) is 5.10 Å². The van der Waals surface area contributed by atoms with E-state index >= 15 is 0 Å². The van der Waals surface area contributed by atoms with E-state index < -0.39 is 11.6 Å². The van der Waals surface area contributed by atoms with Gasteiger partial charge in [-0.05, 0) is 83.7 Å². The molecule has 0 saturated carbocycles. The quantitative estimate of drug-likeness (QED) is 0.298. The van der Waals surface area contributed by atoms with Crippen molar-refractivity contribution in [2.45, 2.75) is 63.6 Å². The lowest BCUT2D eigenvalue weighted by Crippen LogP contribution is -2.60. The minimum absolute atomic E-state index is 0.0465. The van der Waals surface area contributed by atoms with Crippen LogP contribution in [0.5, 0.6) is 0 Å². The number of nitrogens with zero attached hydrogens (tertiary/aromatic N) is 3. The zero-order chi connectivity index (χ0) is 32.7. The molecule has 3 aromatic rings. The van der Waals surface area contributed by atoms with Gasteiger partial charge in [-0.3, -0.25) is 19.1 Å². The van der Waals surface area contributed by atoms with E-state index in [2.05, 4.69) is 26.4 Å². The molecule has 2 aliphatic carbocycles. The summed E-state index contributed by atoms with van der Waals surface area (Å²) < 4.78 is 1.48. The summed E-state index contributed by atoms with van der Waals surface area (Å²) in [5.41, 5.74) is 3.96. The number of benzene rings is 2. The highest BCUT2D eigenvalue weighted by Crippen LogP contribution is 2.38. The molecule has 46 heavy (non-hydrogen) atoms. The maximum absolute atomic E-state index is 14.0. The van der Waals surface area contributed by atoms with Crippen LogP contribution < -0.4 is 21.3 Å². The van der Waals surface area contributed by atoms with Gasteiger partial charge >= 0.3 is 6.03 Å². The Morgan fingerprint density at radius 1 is 1.04 bits per heavy atom. The average Bonchev–Trinajstić information content (AvgIpc) is 3.75. The Balaban J connectivity index is 1.24. The van der Waals surface area contributed by atoms with Crippen LogP contribution in [0.1, 0.15) is 53.0 Å². The molecule has 2 aromatic carbocycles. The van der Waals surface area contributed by atoms with E-state index in [1.165, 1.54) is 4.68 Å². The lowest BCUT2D eigenvalue weighted by atomic mass is 9.79. The van der Waals surface area contributed by atoms with Crippen LogP contribution in [0.4, 0.5) is 10.5 Å². The van der Waals surface area contributed by atoms with Crippen LogP contribution in [0.15, 0.2) is 48.7 Å². The van der Waals surface area contributed by atoms with Gasteiger partial charge in [0.05, 0.1) is 6.04 Å². The third-order valence-corrected chi connectivity index (χ3v) is 10.1. The van der Waals surface area contributed by atoms with Gasteiger partial charge < -0.3 is 26.2 Å². The van der Waals surface area contributed by atoms with Gasteiger partial charge in [0, 0.05) is 50.4 Å². The van der Waals surface area contributed by atoms with Crippen molar-refractivity contribution in [3.8, 4) is 0 Å². The number of aryl methyl sites for hydroxylation is 2. The molecule has 1 fully saturated rings. The van der Waals surface area contributed by atoms with E-state index in [1.54, 1.807) is 31.3 Å². The molecular weight excluding hydrogens is 606 g/mol. The Morgan fingerprint density at radius 3 is 2.50 bits per heavy atom. The third kappa shape index (κ3) is 5.84. The van der Waals surface area contributed by atoms with Gasteiger partial charge in [-0.1, -0.05) is 37.6 Å². The first kappa shape index (κ1) is 31.6. The molecule has 0 spiro atoms. The number of hydrogen-bond donors (Lipinski definition) is 4. The molecular formula is C34H40ClN7O4. The van der Waals surface area contributed by atoms with E-state index in [-0.39, 0.29) is 41.6 Å². The summed E-state index contributed by atoms with van der Waals surface area (Å²) in [5, 5.41) is 16.6. The van der Waals surface area contributed by atoms with Crippen molar-refractivity contribution in [2.75, 3.05) is 18.9 Å². The van der Waals surface area contributed by atoms with Crippen LogP contribution in [0.25, 0.3) is 0 Å². The molecule has 4 N–H and O–H groups in total. The Hall–Kier alpha value is -4.38. The first-order valence-corrected chi connectivity index (χ1v) is 16.2. The second-order valence-electron chi connectivity index (χ2n) is 13.1. The Labute approximate surface area is 273 Å². The van der Waals surface area contributed by atoms with Crippen molar-refractivity contribution in [1.29, 1.82) is 0 Å². The van der Waals surface area contributed by atoms with Crippen molar-refractivity contribution in [3.05, 3.63) is 81.6 Å². The number of halogens is 1. The van der Waals surface area contributed by atoms with Gasteiger partial charge in [-0.25, -0.2) is 4.79 Å². The number of urea groups is 1. The van der Waals surface area contributed by atoms with Crippen LogP contribution in [-0.4, -0.2) is 69.6 Å². The van der Waals surface area contributed by atoms with Crippen molar-refractivity contribution in [3.63, 3.8) is 0 Å². The summed E-state index contributed by atoms with van der Waals surface area (Å²) in [6.07, 6.45) is 4.31. The fourth-order valence-electron chi connectivity index (χ4n) is 7.21. The van der Waals surface area contributed by atoms with Crippen molar-refractivity contribution in [2.24, 2.45) is 18.9 Å². The molecule has 1 aromatic heterocycles. The number of hydrogen-bond acceptors (Lipinski definition) is 5. The number of fused-ring (bicyclic) bond motifs is 2. The average molecular weight is 646 g/mol. The fourth-order valence-corrected chi connectivity index (χ4v) is 7.41. The van der Waals surface area contributed by atoms with Crippen LogP contribution in [0.3, 0.4) is 0 Å². The van der Waals surface area contributed by atoms with Gasteiger partial charge in [0.15, 0.2) is 0 Å². The van der Waals surface area contributed by atoms with Crippen LogP contribution in [0.2, 0.25) is 5.02 Å². The first-order chi connectivity index (χ1) is 22.0. The van der Waals surface area contributed by atoms with Gasteiger partial charge in [0.2, 0.25) is 11.8 Å². The molecule has 3 unspecified atom stereocenters. The smallest absolute Gasteiger partial charge is 0.318 e. The topological polar surface area (TPSA) is 137 Å². The molecule has 1 aliphatic heterocycles. The van der Waals surface area contributed by atoms with Crippen molar-refractivity contribution >= 4 is 41.0 Å². The van der Waals surface area contributed by atoms with Crippen molar-refractivity contribution in [1.82, 2.24) is 30.6 Å². The highest BCUT2D eigenvalue weighted by atomic mass is 35.5. The molecule has 5 amide bonds. The second-order valence-corrected chi connectivity index (χ2v) is 13.5. The zero-order valence-corrected chi connectivity index (χ0v) is 27.3. The molecule has 3 aliphatic rings. The number of carbonyl (C=O) groups is 4. The molecule has 2 heterocycles. The second kappa shape index (κ2) is 12.4. The highest BCUT2D eigenvalue weighted by Gasteiger charge is 2.53. The molecule has 6 rings (SSSR count). The van der Waals surface area contributed by atoms with E-state index in [0.717, 1.165) is 28.7 Å². The predicted molar refractivity (Wildman–Crippen MR) is 175 cm³/mol. The number of likely N-dealkylation sites (N-methyl/N-ethyl adjacent to an activating group) is 1. The largest absolute Gasteiger partial charge is 0.357 e. The minimum atomic E-state index is -1.06. The predicted octanol–water partition coefficient (Wildman–Crippen LogP) is 3.25. The van der Waals surface area contributed by atoms with E-state index in [9.17, 15) is 19.2 Å². The summed E-state index contributed by atoms with van der Waals surface area (Å²) in [5.74, 6) is -0.848. The lowest BCUT2D eigenvalue weighted by molar-refractivity contribution is -0.130. The lowest BCUT2D eigenvalue weighted by Gasteiger charge is -2.36. The molecule has 242 valence electrons. The van der Waals surface area contributed by atoms with Crippen LogP contribution >= 0.6 is 11.6 Å².